The summed E-state index contributed by atoms with van der Waals surface area (Å²) >= 11 is 0. The van der Waals surface area contributed by atoms with Crippen LogP contribution in [0.25, 0.3) is 0 Å². The summed E-state index contributed by atoms with van der Waals surface area (Å²) in [6, 6.07) is 9.68. The number of carbonyl (C=O) groups is 2. The second kappa shape index (κ2) is 5.86. The van der Waals surface area contributed by atoms with E-state index in [9.17, 15) is 9.59 Å². The summed E-state index contributed by atoms with van der Waals surface area (Å²) < 4.78 is 0. The van der Waals surface area contributed by atoms with Crippen molar-refractivity contribution in [2.75, 3.05) is 0 Å². The van der Waals surface area contributed by atoms with Gasteiger partial charge in [0.05, 0.1) is 10.8 Å². The molecule has 4 aliphatic rings. The molecule has 0 radical (unpaired) electrons. The monoisotopic (exact) mass is 340 g/mol. The average Bonchev–Trinajstić information content (AvgIpc) is 2.58. The lowest BCUT2D eigenvalue weighted by atomic mass is 9.49. The standard InChI is InChI=1S/C21H28N2O2/c1-20(2,17-6-4-3-5-7-17)18(24)22-23-19(25)21-11-14-8-15(12-21)10-16(9-14)13-21/h3-7,14-16H,8-13H2,1-2H3,(H,22,24)(H,23,25). The summed E-state index contributed by atoms with van der Waals surface area (Å²) in [7, 11) is 0. The molecule has 4 saturated carbocycles. The van der Waals surface area contributed by atoms with Gasteiger partial charge in [0.15, 0.2) is 0 Å². The first-order valence-corrected chi connectivity index (χ1v) is 9.55. The Balaban J connectivity index is 1.41. The maximum absolute atomic E-state index is 12.9. The van der Waals surface area contributed by atoms with Crippen molar-refractivity contribution in [3.05, 3.63) is 35.9 Å². The summed E-state index contributed by atoms with van der Waals surface area (Å²) in [5, 5.41) is 0. The summed E-state index contributed by atoms with van der Waals surface area (Å²) in [6.45, 7) is 3.77. The van der Waals surface area contributed by atoms with Crippen molar-refractivity contribution in [2.24, 2.45) is 23.2 Å². The van der Waals surface area contributed by atoms with E-state index in [1.54, 1.807) is 0 Å². The minimum absolute atomic E-state index is 0.0313. The molecule has 5 rings (SSSR count). The Bertz CT molecular complexity index is 645. The molecule has 0 saturated heterocycles. The third-order valence-electron chi connectivity index (χ3n) is 6.87. The molecule has 134 valence electrons. The third kappa shape index (κ3) is 2.86. The van der Waals surface area contributed by atoms with E-state index in [0.717, 1.165) is 24.8 Å². The van der Waals surface area contributed by atoms with Gasteiger partial charge in [-0.3, -0.25) is 20.4 Å². The fraction of sp³-hybridized carbons (Fsp3) is 0.619. The fourth-order valence-corrected chi connectivity index (χ4v) is 5.78. The molecule has 25 heavy (non-hydrogen) atoms. The molecule has 1 aromatic rings. The van der Waals surface area contributed by atoms with Gasteiger partial charge >= 0.3 is 0 Å². The van der Waals surface area contributed by atoms with Gasteiger partial charge in [0.25, 0.3) is 0 Å². The first kappa shape index (κ1) is 16.6. The van der Waals surface area contributed by atoms with Crippen molar-refractivity contribution in [3.8, 4) is 0 Å². The predicted octanol–water partition coefficient (Wildman–Crippen LogP) is 3.33. The van der Waals surface area contributed by atoms with E-state index >= 15 is 0 Å². The van der Waals surface area contributed by atoms with E-state index in [1.165, 1.54) is 19.3 Å². The van der Waals surface area contributed by atoms with E-state index in [2.05, 4.69) is 10.9 Å². The zero-order valence-electron chi connectivity index (χ0n) is 15.2. The van der Waals surface area contributed by atoms with Gasteiger partial charge in [0.1, 0.15) is 0 Å². The van der Waals surface area contributed by atoms with Crippen LogP contribution in [-0.2, 0) is 15.0 Å². The van der Waals surface area contributed by atoms with Gasteiger partial charge in [0, 0.05) is 0 Å². The highest BCUT2D eigenvalue weighted by Gasteiger charge is 2.54. The van der Waals surface area contributed by atoms with Crippen LogP contribution in [0.4, 0.5) is 0 Å². The molecule has 4 fully saturated rings. The van der Waals surface area contributed by atoms with E-state index in [-0.39, 0.29) is 17.2 Å². The number of amides is 2. The van der Waals surface area contributed by atoms with Crippen molar-refractivity contribution in [1.82, 2.24) is 10.9 Å². The molecule has 0 spiro atoms. The predicted molar refractivity (Wildman–Crippen MR) is 96.4 cm³/mol. The van der Waals surface area contributed by atoms with Gasteiger partial charge in [-0.2, -0.15) is 0 Å². The fourth-order valence-electron chi connectivity index (χ4n) is 5.78. The van der Waals surface area contributed by atoms with Crippen molar-refractivity contribution in [2.45, 2.75) is 57.8 Å². The highest BCUT2D eigenvalue weighted by Crippen LogP contribution is 2.60. The lowest BCUT2D eigenvalue weighted by Gasteiger charge is -2.55. The molecule has 4 bridgehead atoms. The maximum atomic E-state index is 12.9. The zero-order valence-corrected chi connectivity index (χ0v) is 15.2. The number of nitrogens with one attached hydrogen (secondary N) is 2. The Hall–Kier alpha value is -1.84. The second-order valence-corrected chi connectivity index (χ2v) is 9.10. The maximum Gasteiger partial charge on any atom is 0.248 e. The van der Waals surface area contributed by atoms with Crippen LogP contribution >= 0.6 is 0 Å². The largest absolute Gasteiger partial charge is 0.273 e. The van der Waals surface area contributed by atoms with E-state index in [0.29, 0.717) is 17.8 Å². The summed E-state index contributed by atoms with van der Waals surface area (Å²) in [6.07, 6.45) is 6.92. The van der Waals surface area contributed by atoms with Gasteiger partial charge in [-0.05, 0) is 75.7 Å². The number of hydrazine groups is 1. The molecule has 0 atom stereocenters. The summed E-state index contributed by atoms with van der Waals surface area (Å²) in [5.74, 6) is 2.01. The van der Waals surface area contributed by atoms with E-state index in [4.69, 9.17) is 0 Å². The number of benzene rings is 1. The van der Waals surface area contributed by atoms with Crippen LogP contribution in [0.5, 0.6) is 0 Å². The van der Waals surface area contributed by atoms with Crippen LogP contribution in [-0.4, -0.2) is 11.8 Å². The van der Waals surface area contributed by atoms with Gasteiger partial charge in [-0.1, -0.05) is 30.3 Å². The Kier molecular flexibility index (Phi) is 3.89. The molecule has 4 nitrogen and oxygen atoms in total. The molecule has 0 heterocycles. The van der Waals surface area contributed by atoms with Crippen molar-refractivity contribution in [1.29, 1.82) is 0 Å². The molecule has 0 aliphatic heterocycles. The van der Waals surface area contributed by atoms with Gasteiger partial charge in [-0.25, -0.2) is 0 Å². The van der Waals surface area contributed by atoms with Crippen LogP contribution in [0.3, 0.4) is 0 Å². The molecular formula is C21H28N2O2. The Morgan fingerprint density at radius 1 is 0.920 bits per heavy atom. The Morgan fingerprint density at radius 3 is 1.96 bits per heavy atom. The number of hydrogen-bond donors (Lipinski definition) is 2. The van der Waals surface area contributed by atoms with Crippen LogP contribution < -0.4 is 10.9 Å². The number of hydrogen-bond acceptors (Lipinski definition) is 2. The minimum Gasteiger partial charge on any atom is -0.273 e. The molecule has 2 amide bonds. The minimum atomic E-state index is -0.685. The molecule has 0 aromatic heterocycles. The smallest absolute Gasteiger partial charge is 0.248 e. The second-order valence-electron chi connectivity index (χ2n) is 9.10. The van der Waals surface area contributed by atoms with Crippen LogP contribution in [0.15, 0.2) is 30.3 Å². The normalized spacial score (nSPS) is 33.1. The van der Waals surface area contributed by atoms with Gasteiger partial charge in [-0.15, -0.1) is 0 Å². The van der Waals surface area contributed by atoms with Gasteiger partial charge in [0.2, 0.25) is 11.8 Å². The molecular weight excluding hydrogens is 312 g/mol. The number of rotatable bonds is 3. The highest BCUT2D eigenvalue weighted by atomic mass is 16.2. The van der Waals surface area contributed by atoms with Crippen molar-refractivity contribution in [3.63, 3.8) is 0 Å². The topological polar surface area (TPSA) is 58.2 Å². The van der Waals surface area contributed by atoms with Crippen LogP contribution in [0.1, 0.15) is 57.9 Å². The van der Waals surface area contributed by atoms with Crippen molar-refractivity contribution < 1.29 is 9.59 Å². The van der Waals surface area contributed by atoms with Crippen LogP contribution in [0, 0.1) is 23.2 Å². The van der Waals surface area contributed by atoms with Gasteiger partial charge < -0.3 is 0 Å². The summed E-state index contributed by atoms with van der Waals surface area (Å²) in [4.78, 5) is 25.6. The summed E-state index contributed by atoms with van der Waals surface area (Å²) in [5.41, 5.74) is 5.50. The molecule has 4 aliphatic carbocycles. The third-order valence-corrected chi connectivity index (χ3v) is 6.87. The number of carbonyl (C=O) groups excluding carboxylic acids is 2. The Labute approximate surface area is 149 Å². The molecule has 1 aromatic carbocycles. The quantitative estimate of drug-likeness (QED) is 0.829. The lowest BCUT2D eigenvalue weighted by molar-refractivity contribution is -0.149. The Morgan fingerprint density at radius 2 is 1.44 bits per heavy atom. The zero-order chi connectivity index (χ0) is 17.7. The first-order valence-electron chi connectivity index (χ1n) is 9.55. The average molecular weight is 340 g/mol. The molecule has 4 heteroatoms. The SMILES string of the molecule is CC(C)(C(=O)NNC(=O)C12CC3CC(CC(C3)C1)C2)c1ccccc1. The highest BCUT2D eigenvalue weighted by molar-refractivity contribution is 5.90. The molecule has 2 N–H and O–H groups in total. The van der Waals surface area contributed by atoms with Crippen LogP contribution in [0.2, 0.25) is 0 Å². The molecule has 0 unspecified atom stereocenters. The van der Waals surface area contributed by atoms with E-state index < -0.39 is 5.41 Å². The van der Waals surface area contributed by atoms with Crippen molar-refractivity contribution >= 4 is 11.8 Å². The van der Waals surface area contributed by atoms with E-state index in [1.807, 2.05) is 44.2 Å². The lowest BCUT2D eigenvalue weighted by Crippen LogP contribution is -2.58. The first-order chi connectivity index (χ1) is 11.9.